The fourth-order valence-electron chi connectivity index (χ4n) is 3.32. The molecule has 0 radical (unpaired) electrons. The topological polar surface area (TPSA) is 64.7 Å². The van der Waals surface area contributed by atoms with Gasteiger partial charge in [0.1, 0.15) is 0 Å². The third-order valence-corrected chi connectivity index (χ3v) is 4.70. The summed E-state index contributed by atoms with van der Waals surface area (Å²) < 4.78 is 0. The first-order valence-electron chi connectivity index (χ1n) is 9.27. The maximum absolute atomic E-state index is 12.4. The Hall–Kier alpha value is -3.02. The molecule has 142 valence electrons. The number of carbonyl (C=O) groups is 2. The van der Waals surface area contributed by atoms with Gasteiger partial charge in [0.2, 0.25) is 5.91 Å². The zero-order valence-electron chi connectivity index (χ0n) is 15.8. The number of para-hydroxylation sites is 3. The van der Waals surface area contributed by atoms with Gasteiger partial charge in [0, 0.05) is 38.3 Å². The predicted octanol–water partition coefficient (Wildman–Crippen LogP) is 3.59. The molecule has 0 saturated carbocycles. The van der Waals surface area contributed by atoms with Crippen molar-refractivity contribution in [2.75, 3.05) is 30.4 Å². The SMILES string of the molecule is C[C@@H](CN1CCCC1=O)NC(=O)Nc1ccccc1N(C)c1ccccc1. The Morgan fingerprint density at radius 1 is 1.15 bits per heavy atom. The van der Waals surface area contributed by atoms with E-state index in [1.165, 1.54) is 0 Å². The first-order valence-corrected chi connectivity index (χ1v) is 9.27. The Bertz CT molecular complexity index is 794. The summed E-state index contributed by atoms with van der Waals surface area (Å²) in [6.07, 6.45) is 1.51. The lowest BCUT2D eigenvalue weighted by molar-refractivity contribution is -0.127. The number of rotatable bonds is 6. The van der Waals surface area contributed by atoms with Gasteiger partial charge in [0.15, 0.2) is 0 Å². The van der Waals surface area contributed by atoms with Gasteiger partial charge in [0.05, 0.1) is 11.4 Å². The minimum atomic E-state index is -0.275. The fourth-order valence-corrected chi connectivity index (χ4v) is 3.32. The van der Waals surface area contributed by atoms with Gasteiger partial charge in [-0.1, -0.05) is 30.3 Å². The minimum Gasteiger partial charge on any atom is -0.343 e. The van der Waals surface area contributed by atoms with Crippen molar-refractivity contribution in [2.24, 2.45) is 0 Å². The van der Waals surface area contributed by atoms with E-state index in [-0.39, 0.29) is 18.0 Å². The molecule has 1 aliphatic heterocycles. The van der Waals surface area contributed by atoms with E-state index in [9.17, 15) is 9.59 Å². The Labute approximate surface area is 160 Å². The standard InChI is InChI=1S/C21H26N4O2/c1-16(15-25-14-8-13-20(25)26)22-21(27)23-18-11-6-7-12-19(18)24(2)17-9-4-3-5-10-17/h3-7,9-12,16H,8,13-15H2,1-2H3,(H2,22,23,27)/t16-/m0/s1. The molecule has 0 spiro atoms. The maximum atomic E-state index is 12.4. The second-order valence-electron chi connectivity index (χ2n) is 6.85. The third kappa shape index (κ3) is 4.78. The third-order valence-electron chi connectivity index (χ3n) is 4.70. The molecule has 0 unspecified atom stereocenters. The highest BCUT2D eigenvalue weighted by atomic mass is 16.2. The number of urea groups is 1. The molecule has 6 nitrogen and oxygen atoms in total. The van der Waals surface area contributed by atoms with Gasteiger partial charge in [-0.25, -0.2) is 4.79 Å². The molecule has 1 heterocycles. The average Bonchev–Trinajstić information content (AvgIpc) is 3.06. The molecule has 6 heteroatoms. The summed E-state index contributed by atoms with van der Waals surface area (Å²) in [5.74, 6) is 0.166. The van der Waals surface area contributed by atoms with Crippen molar-refractivity contribution >= 4 is 29.0 Å². The van der Waals surface area contributed by atoms with Crippen LogP contribution in [0.1, 0.15) is 19.8 Å². The lowest BCUT2D eigenvalue weighted by Crippen LogP contribution is -2.44. The number of benzene rings is 2. The van der Waals surface area contributed by atoms with Gasteiger partial charge in [-0.3, -0.25) is 4.79 Å². The Balaban J connectivity index is 1.63. The van der Waals surface area contributed by atoms with Crippen molar-refractivity contribution < 1.29 is 9.59 Å². The number of nitrogens with one attached hydrogen (secondary N) is 2. The molecular formula is C21H26N4O2. The first-order chi connectivity index (χ1) is 13.0. The number of likely N-dealkylation sites (tertiary alicyclic amines) is 1. The van der Waals surface area contributed by atoms with Gasteiger partial charge >= 0.3 is 6.03 Å². The monoisotopic (exact) mass is 366 g/mol. The van der Waals surface area contributed by atoms with Crippen molar-refractivity contribution in [1.29, 1.82) is 0 Å². The Morgan fingerprint density at radius 3 is 2.56 bits per heavy atom. The molecular weight excluding hydrogens is 340 g/mol. The molecule has 27 heavy (non-hydrogen) atoms. The molecule has 3 amide bonds. The van der Waals surface area contributed by atoms with Crippen LogP contribution in [-0.2, 0) is 4.79 Å². The van der Waals surface area contributed by atoms with Crippen LogP contribution in [0.25, 0.3) is 0 Å². The normalized spacial score (nSPS) is 14.7. The summed E-state index contributed by atoms with van der Waals surface area (Å²) in [5, 5.41) is 5.85. The number of hydrogen-bond acceptors (Lipinski definition) is 3. The van der Waals surface area contributed by atoms with Gasteiger partial charge in [-0.05, 0) is 37.6 Å². The molecule has 2 N–H and O–H groups in total. The molecule has 3 rings (SSSR count). The highest BCUT2D eigenvalue weighted by Crippen LogP contribution is 2.30. The zero-order chi connectivity index (χ0) is 19.2. The maximum Gasteiger partial charge on any atom is 0.319 e. The predicted molar refractivity (Wildman–Crippen MR) is 108 cm³/mol. The van der Waals surface area contributed by atoms with Crippen molar-refractivity contribution in [2.45, 2.75) is 25.8 Å². The van der Waals surface area contributed by atoms with Crippen LogP contribution in [0.2, 0.25) is 0 Å². The smallest absolute Gasteiger partial charge is 0.319 e. The summed E-state index contributed by atoms with van der Waals surface area (Å²) in [5.41, 5.74) is 2.67. The van der Waals surface area contributed by atoms with Crippen LogP contribution in [0.15, 0.2) is 54.6 Å². The van der Waals surface area contributed by atoms with Crippen LogP contribution in [0.3, 0.4) is 0 Å². The van der Waals surface area contributed by atoms with Crippen molar-refractivity contribution in [3.05, 3.63) is 54.6 Å². The van der Waals surface area contributed by atoms with E-state index in [0.29, 0.717) is 13.0 Å². The van der Waals surface area contributed by atoms with E-state index in [1.807, 2.05) is 78.4 Å². The molecule has 2 aromatic rings. The van der Waals surface area contributed by atoms with Gasteiger partial charge < -0.3 is 20.4 Å². The fraction of sp³-hybridized carbons (Fsp3) is 0.333. The van der Waals surface area contributed by atoms with Gasteiger partial charge in [0.25, 0.3) is 0 Å². The van der Waals surface area contributed by atoms with Crippen molar-refractivity contribution in [3.63, 3.8) is 0 Å². The van der Waals surface area contributed by atoms with Crippen LogP contribution in [-0.4, -0.2) is 43.0 Å². The number of carbonyl (C=O) groups excluding carboxylic acids is 2. The highest BCUT2D eigenvalue weighted by molar-refractivity contribution is 5.94. The number of amides is 3. The molecule has 2 aromatic carbocycles. The van der Waals surface area contributed by atoms with Crippen LogP contribution in [0, 0.1) is 0 Å². The minimum absolute atomic E-state index is 0.119. The quantitative estimate of drug-likeness (QED) is 0.821. The molecule has 1 saturated heterocycles. The lowest BCUT2D eigenvalue weighted by Gasteiger charge is -2.24. The van der Waals surface area contributed by atoms with E-state index in [0.717, 1.165) is 30.0 Å². The van der Waals surface area contributed by atoms with Gasteiger partial charge in [-0.2, -0.15) is 0 Å². The zero-order valence-corrected chi connectivity index (χ0v) is 15.8. The van der Waals surface area contributed by atoms with E-state index in [1.54, 1.807) is 0 Å². The molecule has 0 aromatic heterocycles. The summed E-state index contributed by atoms with van der Waals surface area (Å²) in [6, 6.07) is 17.3. The van der Waals surface area contributed by atoms with Crippen LogP contribution in [0.5, 0.6) is 0 Å². The summed E-state index contributed by atoms with van der Waals surface area (Å²) >= 11 is 0. The second-order valence-corrected chi connectivity index (χ2v) is 6.85. The Morgan fingerprint density at radius 2 is 1.85 bits per heavy atom. The largest absolute Gasteiger partial charge is 0.343 e. The lowest BCUT2D eigenvalue weighted by atomic mass is 10.2. The van der Waals surface area contributed by atoms with Crippen LogP contribution in [0.4, 0.5) is 21.9 Å². The molecule has 0 aliphatic carbocycles. The first kappa shape index (κ1) is 18.8. The van der Waals surface area contributed by atoms with E-state index >= 15 is 0 Å². The van der Waals surface area contributed by atoms with E-state index < -0.39 is 0 Å². The summed E-state index contributed by atoms with van der Waals surface area (Å²) in [4.78, 5) is 28.0. The van der Waals surface area contributed by atoms with E-state index in [4.69, 9.17) is 0 Å². The second kappa shape index (κ2) is 8.58. The molecule has 1 atom stereocenters. The summed E-state index contributed by atoms with van der Waals surface area (Å²) in [6.45, 7) is 3.22. The number of anilines is 3. The van der Waals surface area contributed by atoms with Crippen LogP contribution >= 0.6 is 0 Å². The summed E-state index contributed by atoms with van der Waals surface area (Å²) in [7, 11) is 1.97. The average molecular weight is 366 g/mol. The number of nitrogens with zero attached hydrogens (tertiary/aromatic N) is 2. The van der Waals surface area contributed by atoms with Crippen LogP contribution < -0.4 is 15.5 Å². The van der Waals surface area contributed by atoms with Gasteiger partial charge in [-0.15, -0.1) is 0 Å². The molecule has 1 aliphatic rings. The van der Waals surface area contributed by atoms with Crippen molar-refractivity contribution in [3.8, 4) is 0 Å². The highest BCUT2D eigenvalue weighted by Gasteiger charge is 2.22. The van der Waals surface area contributed by atoms with Crippen molar-refractivity contribution in [1.82, 2.24) is 10.2 Å². The number of hydrogen-bond donors (Lipinski definition) is 2. The molecule has 1 fully saturated rings. The van der Waals surface area contributed by atoms with E-state index in [2.05, 4.69) is 10.6 Å². The molecule has 0 bridgehead atoms. The Kier molecular flexibility index (Phi) is 5.96.